The van der Waals surface area contributed by atoms with Crippen LogP contribution in [-0.4, -0.2) is 17.4 Å². The van der Waals surface area contributed by atoms with Gasteiger partial charge in [0.1, 0.15) is 0 Å². The third-order valence-electron chi connectivity index (χ3n) is 1.67. The molecule has 0 aliphatic carbocycles. The van der Waals surface area contributed by atoms with Gasteiger partial charge in [0, 0.05) is 17.7 Å². The fraction of sp³-hybridized carbons (Fsp3) is 0.100. The van der Waals surface area contributed by atoms with Crippen molar-refractivity contribution in [3.63, 3.8) is 0 Å². The molecule has 0 saturated carbocycles. The van der Waals surface area contributed by atoms with E-state index in [-0.39, 0.29) is 17.8 Å². The van der Waals surface area contributed by atoms with Crippen LogP contribution in [0.25, 0.3) is 0 Å². The molecule has 0 saturated heterocycles. The number of nitro groups is 1. The smallest absolute Gasteiger partial charge is 0.270 e. The highest BCUT2D eigenvalue weighted by molar-refractivity contribution is 5.94. The molecule has 1 rings (SSSR count). The molecule has 15 heavy (non-hydrogen) atoms. The highest BCUT2D eigenvalue weighted by atomic mass is 16.6. The first-order valence-corrected chi connectivity index (χ1v) is 4.11. The van der Waals surface area contributed by atoms with E-state index in [1.54, 1.807) is 0 Å². The second-order valence-corrected chi connectivity index (χ2v) is 2.69. The van der Waals surface area contributed by atoms with Crippen molar-refractivity contribution in [3.8, 4) is 12.3 Å². The van der Waals surface area contributed by atoms with Gasteiger partial charge in [0.15, 0.2) is 0 Å². The van der Waals surface area contributed by atoms with Crippen LogP contribution in [0, 0.1) is 22.5 Å². The van der Waals surface area contributed by atoms with Crippen LogP contribution < -0.4 is 5.32 Å². The highest BCUT2D eigenvalue weighted by Crippen LogP contribution is 2.12. The van der Waals surface area contributed by atoms with Gasteiger partial charge in [0.05, 0.1) is 11.5 Å². The number of benzene rings is 1. The molecule has 1 aromatic rings. The molecule has 0 unspecified atom stereocenters. The van der Waals surface area contributed by atoms with Crippen LogP contribution in [-0.2, 0) is 0 Å². The third-order valence-corrected chi connectivity index (χ3v) is 1.67. The molecule has 0 fully saturated rings. The predicted molar refractivity (Wildman–Crippen MR) is 54.3 cm³/mol. The number of non-ortho nitro benzene ring substituents is 1. The number of hydrogen-bond acceptors (Lipinski definition) is 3. The van der Waals surface area contributed by atoms with Gasteiger partial charge >= 0.3 is 0 Å². The monoisotopic (exact) mass is 204 g/mol. The zero-order valence-electron chi connectivity index (χ0n) is 7.77. The number of amides is 1. The first kappa shape index (κ1) is 10.7. The Bertz CT molecular complexity index is 435. The summed E-state index contributed by atoms with van der Waals surface area (Å²) < 4.78 is 0. The molecule has 0 bridgehead atoms. The average Bonchev–Trinajstić information content (AvgIpc) is 2.26. The largest absolute Gasteiger partial charge is 0.341 e. The maximum absolute atomic E-state index is 11.3. The zero-order valence-corrected chi connectivity index (χ0v) is 7.77. The lowest BCUT2D eigenvalue weighted by atomic mass is 10.2. The van der Waals surface area contributed by atoms with Crippen LogP contribution in [0.4, 0.5) is 5.69 Å². The van der Waals surface area contributed by atoms with E-state index in [1.165, 1.54) is 24.3 Å². The maximum atomic E-state index is 11.3. The Hall–Kier alpha value is -2.35. The molecule has 0 atom stereocenters. The fourth-order valence-electron chi connectivity index (χ4n) is 0.994. The van der Waals surface area contributed by atoms with Gasteiger partial charge in [-0.05, 0) is 6.07 Å². The van der Waals surface area contributed by atoms with Gasteiger partial charge < -0.3 is 5.32 Å². The Balaban J connectivity index is 2.86. The summed E-state index contributed by atoms with van der Waals surface area (Å²) in [6.45, 7) is 0.0987. The molecule has 0 aliphatic heterocycles. The summed E-state index contributed by atoms with van der Waals surface area (Å²) in [6.07, 6.45) is 4.96. The van der Waals surface area contributed by atoms with Gasteiger partial charge in [-0.3, -0.25) is 14.9 Å². The average molecular weight is 204 g/mol. The Kier molecular flexibility index (Phi) is 3.41. The van der Waals surface area contributed by atoms with Gasteiger partial charge in [-0.2, -0.15) is 0 Å². The lowest BCUT2D eigenvalue weighted by Gasteiger charge is -2.00. The molecule has 0 aliphatic rings. The van der Waals surface area contributed by atoms with E-state index < -0.39 is 10.8 Å². The zero-order chi connectivity index (χ0) is 11.3. The molecule has 0 spiro atoms. The van der Waals surface area contributed by atoms with Gasteiger partial charge in [0.2, 0.25) is 0 Å². The number of nitro benzene ring substituents is 1. The van der Waals surface area contributed by atoms with E-state index in [0.717, 1.165) is 0 Å². The Labute approximate surface area is 86.3 Å². The second kappa shape index (κ2) is 4.77. The van der Waals surface area contributed by atoms with Gasteiger partial charge in [0.25, 0.3) is 11.6 Å². The molecule has 1 amide bonds. The minimum atomic E-state index is -0.558. The van der Waals surface area contributed by atoms with Gasteiger partial charge in [-0.25, -0.2) is 0 Å². The molecule has 0 heterocycles. The minimum Gasteiger partial charge on any atom is -0.341 e. The Morgan fingerprint density at radius 2 is 2.33 bits per heavy atom. The lowest BCUT2D eigenvalue weighted by Crippen LogP contribution is -2.23. The fourth-order valence-corrected chi connectivity index (χ4v) is 0.994. The number of rotatable bonds is 3. The second-order valence-electron chi connectivity index (χ2n) is 2.69. The highest BCUT2D eigenvalue weighted by Gasteiger charge is 2.10. The van der Waals surface area contributed by atoms with Crippen LogP contribution in [0.1, 0.15) is 10.4 Å². The van der Waals surface area contributed by atoms with Crippen molar-refractivity contribution in [3.05, 3.63) is 39.9 Å². The number of hydrogen-bond donors (Lipinski definition) is 1. The van der Waals surface area contributed by atoms with Crippen molar-refractivity contribution < 1.29 is 9.72 Å². The first-order chi connectivity index (χ1) is 7.15. The summed E-state index contributed by atoms with van der Waals surface area (Å²) in [4.78, 5) is 21.2. The Morgan fingerprint density at radius 3 is 2.93 bits per heavy atom. The molecule has 1 N–H and O–H groups in total. The molecular weight excluding hydrogens is 196 g/mol. The van der Waals surface area contributed by atoms with Crippen LogP contribution in [0.3, 0.4) is 0 Å². The molecule has 76 valence electrons. The molecule has 0 radical (unpaired) electrons. The maximum Gasteiger partial charge on any atom is 0.270 e. The van der Waals surface area contributed by atoms with Crippen LogP contribution in [0.15, 0.2) is 24.3 Å². The number of carbonyl (C=O) groups excluding carboxylic acids is 1. The Morgan fingerprint density at radius 1 is 1.60 bits per heavy atom. The number of nitrogens with zero attached hydrogens (tertiary/aromatic N) is 1. The van der Waals surface area contributed by atoms with E-state index in [1.807, 2.05) is 0 Å². The van der Waals surface area contributed by atoms with Crippen molar-refractivity contribution in [1.29, 1.82) is 0 Å². The van der Waals surface area contributed by atoms with Crippen molar-refractivity contribution in [2.24, 2.45) is 0 Å². The molecule has 5 heteroatoms. The van der Waals surface area contributed by atoms with Crippen molar-refractivity contribution in [1.82, 2.24) is 5.32 Å². The number of terminal acetylenes is 1. The molecule has 0 aromatic heterocycles. The van der Waals surface area contributed by atoms with Crippen molar-refractivity contribution in [2.75, 3.05) is 6.54 Å². The van der Waals surface area contributed by atoms with Gasteiger partial charge in [-0.15, -0.1) is 6.42 Å². The van der Waals surface area contributed by atoms with E-state index in [0.29, 0.717) is 0 Å². The standard InChI is InChI=1S/C10H8N2O3/c1-2-6-11-10(13)8-4-3-5-9(7-8)12(14)15/h1,3-5,7H,6H2,(H,11,13). The first-order valence-electron chi connectivity index (χ1n) is 4.11. The summed E-state index contributed by atoms with van der Waals surface area (Å²) >= 11 is 0. The summed E-state index contributed by atoms with van der Waals surface area (Å²) in [7, 11) is 0. The minimum absolute atomic E-state index is 0.0987. The van der Waals surface area contributed by atoms with Crippen molar-refractivity contribution >= 4 is 11.6 Å². The SMILES string of the molecule is C#CCNC(=O)c1cccc([N+](=O)[O-])c1. The van der Waals surface area contributed by atoms with Gasteiger partial charge in [-0.1, -0.05) is 12.0 Å². The summed E-state index contributed by atoms with van der Waals surface area (Å²) in [5, 5.41) is 12.8. The van der Waals surface area contributed by atoms with E-state index in [9.17, 15) is 14.9 Å². The van der Waals surface area contributed by atoms with Crippen LogP contribution in [0.5, 0.6) is 0 Å². The summed E-state index contributed by atoms with van der Waals surface area (Å²) in [5.41, 5.74) is 0.0998. The lowest BCUT2D eigenvalue weighted by molar-refractivity contribution is -0.384. The van der Waals surface area contributed by atoms with E-state index >= 15 is 0 Å². The third kappa shape index (κ3) is 2.81. The number of carbonyl (C=O) groups is 1. The molecular formula is C10H8N2O3. The topological polar surface area (TPSA) is 72.2 Å². The number of nitrogens with one attached hydrogen (secondary N) is 1. The quantitative estimate of drug-likeness (QED) is 0.452. The normalized spacial score (nSPS) is 9.00. The molecule has 5 nitrogen and oxygen atoms in total. The van der Waals surface area contributed by atoms with Crippen molar-refractivity contribution in [2.45, 2.75) is 0 Å². The summed E-state index contributed by atoms with van der Waals surface area (Å²) in [6, 6.07) is 5.45. The predicted octanol–water partition coefficient (Wildman–Crippen LogP) is 0.958. The molecule has 1 aromatic carbocycles. The van der Waals surface area contributed by atoms with E-state index in [4.69, 9.17) is 6.42 Å². The van der Waals surface area contributed by atoms with E-state index in [2.05, 4.69) is 11.2 Å². The summed E-state index contributed by atoms with van der Waals surface area (Å²) in [5.74, 6) is 1.82. The van der Waals surface area contributed by atoms with Crippen LogP contribution >= 0.6 is 0 Å². The van der Waals surface area contributed by atoms with Crippen LogP contribution in [0.2, 0.25) is 0 Å².